The molecule has 0 saturated heterocycles. The molecule has 0 aliphatic heterocycles. The van der Waals surface area contributed by atoms with Crippen molar-refractivity contribution in [3.63, 3.8) is 0 Å². The van der Waals surface area contributed by atoms with Crippen molar-refractivity contribution in [3.8, 4) is 0 Å². The fraction of sp³-hybridized carbons (Fsp3) is 0.733. The minimum Gasteiger partial charge on any atom is -0.349 e. The average Bonchev–Trinajstić information content (AvgIpc) is 2.39. The van der Waals surface area contributed by atoms with Gasteiger partial charge in [0, 0.05) is 19.6 Å². The van der Waals surface area contributed by atoms with Crippen LogP contribution in [0.4, 0.5) is 0 Å². The zero-order valence-electron chi connectivity index (χ0n) is 10.9. The Morgan fingerprint density at radius 3 is 2.76 bits per heavy atom. The summed E-state index contributed by atoms with van der Waals surface area (Å²) in [4.78, 5) is 0. The van der Waals surface area contributed by atoms with E-state index in [2.05, 4.69) is 18.7 Å². The Kier molecular flexibility index (Phi) is 2.50. The van der Waals surface area contributed by atoms with Crippen LogP contribution in [0.1, 0.15) is 32.1 Å². The van der Waals surface area contributed by atoms with Crippen molar-refractivity contribution < 1.29 is 9.47 Å². The van der Waals surface area contributed by atoms with Gasteiger partial charge >= 0.3 is 0 Å². The number of hydrogen-bond acceptors (Lipinski definition) is 2. The van der Waals surface area contributed by atoms with Gasteiger partial charge in [0.25, 0.3) is 0 Å². The van der Waals surface area contributed by atoms with Gasteiger partial charge in [0.15, 0.2) is 5.79 Å². The first-order valence-corrected chi connectivity index (χ1v) is 6.67. The number of ether oxygens (including phenoxy) is 2. The van der Waals surface area contributed by atoms with Crippen LogP contribution in [0.3, 0.4) is 0 Å². The highest BCUT2D eigenvalue weighted by molar-refractivity contribution is 5.33. The Hall–Kier alpha value is -0.600. The van der Waals surface area contributed by atoms with Crippen LogP contribution in [0.2, 0.25) is 0 Å². The van der Waals surface area contributed by atoms with Crippen LogP contribution in [0, 0.1) is 17.3 Å². The predicted octanol–water partition coefficient (Wildman–Crippen LogP) is 3.30. The maximum atomic E-state index is 5.86. The quantitative estimate of drug-likeness (QED) is 0.539. The summed E-state index contributed by atoms with van der Waals surface area (Å²) in [5.41, 5.74) is 1.21. The Labute approximate surface area is 104 Å². The van der Waals surface area contributed by atoms with E-state index in [1.54, 1.807) is 14.2 Å². The van der Waals surface area contributed by atoms with Crippen LogP contribution in [0.15, 0.2) is 24.3 Å². The van der Waals surface area contributed by atoms with Crippen molar-refractivity contribution in [1.29, 1.82) is 0 Å². The lowest BCUT2D eigenvalue weighted by molar-refractivity contribution is -0.284. The third-order valence-electron chi connectivity index (χ3n) is 5.40. The van der Waals surface area contributed by atoms with E-state index in [4.69, 9.17) is 9.47 Å². The van der Waals surface area contributed by atoms with E-state index in [-0.39, 0.29) is 5.41 Å². The molecular formula is C15H22O2. The number of methoxy groups -OCH3 is 2. The molecule has 0 aromatic heterocycles. The van der Waals surface area contributed by atoms with Gasteiger partial charge in [-0.05, 0) is 49.5 Å². The maximum absolute atomic E-state index is 5.86. The van der Waals surface area contributed by atoms with E-state index in [1.807, 2.05) is 0 Å². The van der Waals surface area contributed by atoms with Crippen LogP contribution in [0.25, 0.3) is 0 Å². The second kappa shape index (κ2) is 3.69. The van der Waals surface area contributed by atoms with Gasteiger partial charge in [0.05, 0.1) is 0 Å². The SMILES string of the molecule is C=C1[C@H]2CC[C@@]3(C=CCCC3C2)C1(OC)OC. The average molecular weight is 234 g/mol. The molecule has 2 nitrogen and oxygen atoms in total. The molecule has 0 N–H and O–H groups in total. The molecule has 2 bridgehead atoms. The molecule has 17 heavy (non-hydrogen) atoms. The molecule has 1 spiro atoms. The zero-order valence-corrected chi connectivity index (χ0v) is 10.9. The van der Waals surface area contributed by atoms with Crippen LogP contribution in [0.5, 0.6) is 0 Å². The second-order valence-electron chi connectivity index (χ2n) is 5.74. The summed E-state index contributed by atoms with van der Waals surface area (Å²) in [5, 5.41) is 0. The fourth-order valence-electron chi connectivity index (χ4n) is 4.63. The molecule has 3 fully saturated rings. The van der Waals surface area contributed by atoms with E-state index in [1.165, 1.54) is 32.1 Å². The van der Waals surface area contributed by atoms with Gasteiger partial charge in [-0.3, -0.25) is 0 Å². The molecule has 4 aliphatic rings. The Morgan fingerprint density at radius 2 is 2.06 bits per heavy atom. The van der Waals surface area contributed by atoms with Gasteiger partial charge in [-0.25, -0.2) is 0 Å². The molecule has 2 heteroatoms. The van der Waals surface area contributed by atoms with Crippen LogP contribution in [-0.4, -0.2) is 20.0 Å². The van der Waals surface area contributed by atoms with E-state index >= 15 is 0 Å². The molecule has 3 atom stereocenters. The minimum atomic E-state index is -0.574. The molecule has 0 amide bonds. The first-order valence-electron chi connectivity index (χ1n) is 6.67. The van der Waals surface area contributed by atoms with Crippen molar-refractivity contribution in [2.24, 2.45) is 17.3 Å². The maximum Gasteiger partial charge on any atom is 0.199 e. The van der Waals surface area contributed by atoms with Gasteiger partial charge < -0.3 is 9.47 Å². The summed E-state index contributed by atoms with van der Waals surface area (Å²) in [7, 11) is 3.53. The monoisotopic (exact) mass is 234 g/mol. The smallest absolute Gasteiger partial charge is 0.199 e. The van der Waals surface area contributed by atoms with Crippen molar-refractivity contribution in [2.45, 2.75) is 37.9 Å². The van der Waals surface area contributed by atoms with E-state index in [0.717, 1.165) is 5.57 Å². The third-order valence-corrected chi connectivity index (χ3v) is 5.40. The van der Waals surface area contributed by atoms with Crippen LogP contribution in [-0.2, 0) is 9.47 Å². The minimum absolute atomic E-state index is 0.0422. The van der Waals surface area contributed by atoms with Crippen LogP contribution >= 0.6 is 0 Å². The standard InChI is InChI=1S/C15H22O2/c1-11-12-7-9-14(15(11,16-2)17-3)8-5-4-6-13(14)10-12/h5,8,12-13H,1,4,6-7,9-10H2,2-3H3/t12-,13?,14+/m0/s1. The summed E-state index contributed by atoms with van der Waals surface area (Å²) >= 11 is 0. The molecule has 0 aromatic carbocycles. The van der Waals surface area contributed by atoms with Crippen LogP contribution < -0.4 is 0 Å². The van der Waals surface area contributed by atoms with Gasteiger partial charge in [0.1, 0.15) is 0 Å². The summed E-state index contributed by atoms with van der Waals surface area (Å²) in [6, 6.07) is 0. The van der Waals surface area contributed by atoms with Crippen molar-refractivity contribution in [3.05, 3.63) is 24.3 Å². The zero-order chi connectivity index (χ0) is 12.1. The molecule has 0 radical (unpaired) electrons. The highest BCUT2D eigenvalue weighted by Crippen LogP contribution is 2.65. The predicted molar refractivity (Wildman–Crippen MR) is 67.5 cm³/mol. The lowest BCUT2D eigenvalue weighted by Crippen LogP contribution is -2.63. The van der Waals surface area contributed by atoms with E-state index < -0.39 is 5.79 Å². The number of fused-ring (bicyclic) bond motifs is 2. The summed E-state index contributed by atoms with van der Waals surface area (Å²) in [6.45, 7) is 4.29. The van der Waals surface area contributed by atoms with E-state index in [0.29, 0.717) is 11.8 Å². The lowest BCUT2D eigenvalue weighted by atomic mass is 9.48. The van der Waals surface area contributed by atoms with Gasteiger partial charge in [0.2, 0.25) is 0 Å². The molecule has 94 valence electrons. The second-order valence-corrected chi connectivity index (χ2v) is 5.74. The number of rotatable bonds is 2. The first-order chi connectivity index (χ1) is 8.20. The van der Waals surface area contributed by atoms with Gasteiger partial charge in [-0.15, -0.1) is 0 Å². The van der Waals surface area contributed by atoms with Crippen molar-refractivity contribution >= 4 is 0 Å². The molecular weight excluding hydrogens is 212 g/mol. The molecule has 4 aliphatic carbocycles. The normalized spacial score (nSPS) is 42.6. The van der Waals surface area contributed by atoms with Crippen molar-refractivity contribution in [2.75, 3.05) is 14.2 Å². The molecule has 4 rings (SSSR count). The van der Waals surface area contributed by atoms with Crippen molar-refractivity contribution in [1.82, 2.24) is 0 Å². The molecule has 0 heterocycles. The Morgan fingerprint density at radius 1 is 1.29 bits per heavy atom. The summed E-state index contributed by atoms with van der Waals surface area (Å²) in [6.07, 6.45) is 10.9. The lowest BCUT2D eigenvalue weighted by Gasteiger charge is -2.62. The fourth-order valence-corrected chi connectivity index (χ4v) is 4.63. The van der Waals surface area contributed by atoms with Gasteiger partial charge in [-0.2, -0.15) is 0 Å². The number of allylic oxidation sites excluding steroid dienone is 1. The highest BCUT2D eigenvalue weighted by atomic mass is 16.7. The summed E-state index contributed by atoms with van der Waals surface area (Å²) < 4.78 is 11.7. The summed E-state index contributed by atoms with van der Waals surface area (Å²) in [5.74, 6) is 0.723. The molecule has 1 unspecified atom stereocenters. The molecule has 3 saturated carbocycles. The Bertz CT molecular complexity index is 367. The third kappa shape index (κ3) is 1.18. The first kappa shape index (κ1) is 11.5. The highest BCUT2D eigenvalue weighted by Gasteiger charge is 2.64. The Balaban J connectivity index is 2.15. The largest absolute Gasteiger partial charge is 0.349 e. The van der Waals surface area contributed by atoms with E-state index in [9.17, 15) is 0 Å². The molecule has 0 aromatic rings. The topological polar surface area (TPSA) is 18.5 Å². The van der Waals surface area contributed by atoms with Gasteiger partial charge in [-0.1, -0.05) is 18.7 Å². The number of hydrogen-bond donors (Lipinski definition) is 0.